The van der Waals surface area contributed by atoms with Crippen LogP contribution in [0, 0.1) is 17.0 Å². The summed E-state index contributed by atoms with van der Waals surface area (Å²) in [6.07, 6.45) is 0. The molecule has 21 heavy (non-hydrogen) atoms. The first-order valence-corrected chi connectivity index (χ1v) is 7.05. The minimum atomic E-state index is -0.516. The molecule has 0 saturated carbocycles. The van der Waals surface area contributed by atoms with Gasteiger partial charge in [-0.2, -0.15) is 0 Å². The summed E-state index contributed by atoms with van der Waals surface area (Å²) in [7, 11) is 0. The number of carbonyl (C=O) groups excluding carboxylic acids is 1. The van der Waals surface area contributed by atoms with Gasteiger partial charge in [-0.15, -0.1) is 0 Å². The molecule has 0 spiro atoms. The van der Waals surface area contributed by atoms with Gasteiger partial charge >= 0.3 is 0 Å². The van der Waals surface area contributed by atoms with Gasteiger partial charge in [0.15, 0.2) is 0 Å². The van der Waals surface area contributed by atoms with Crippen molar-refractivity contribution in [3.63, 3.8) is 0 Å². The SMILES string of the molecule is Cc1cccc([N+](=O)[O-])c1C(=O)NCCN1CCNCC1. The van der Waals surface area contributed by atoms with E-state index >= 15 is 0 Å². The number of rotatable bonds is 5. The second kappa shape index (κ2) is 7.14. The monoisotopic (exact) mass is 292 g/mol. The Balaban J connectivity index is 1.95. The molecule has 7 nitrogen and oxygen atoms in total. The molecule has 1 aliphatic rings. The number of carbonyl (C=O) groups is 1. The topological polar surface area (TPSA) is 87.5 Å². The average Bonchev–Trinajstić information content (AvgIpc) is 2.47. The number of benzene rings is 1. The first kappa shape index (κ1) is 15.4. The predicted molar refractivity (Wildman–Crippen MR) is 79.5 cm³/mol. The van der Waals surface area contributed by atoms with Crippen LogP contribution in [0.1, 0.15) is 15.9 Å². The third-order valence-corrected chi connectivity index (χ3v) is 3.60. The molecule has 0 atom stereocenters. The summed E-state index contributed by atoms with van der Waals surface area (Å²) >= 11 is 0. The van der Waals surface area contributed by atoms with Gasteiger partial charge in [0.1, 0.15) is 5.56 Å². The lowest BCUT2D eigenvalue weighted by atomic mass is 10.1. The molecule has 2 rings (SSSR count). The van der Waals surface area contributed by atoms with Gasteiger partial charge < -0.3 is 10.6 Å². The zero-order valence-corrected chi connectivity index (χ0v) is 12.1. The molecule has 1 aromatic carbocycles. The number of aryl methyl sites for hydroxylation is 1. The quantitative estimate of drug-likeness (QED) is 0.611. The van der Waals surface area contributed by atoms with Crippen molar-refractivity contribution in [2.45, 2.75) is 6.92 Å². The Kier molecular flexibility index (Phi) is 5.24. The normalized spacial score (nSPS) is 15.7. The Morgan fingerprint density at radius 2 is 2.14 bits per heavy atom. The number of hydrogen-bond donors (Lipinski definition) is 2. The number of nitro benzene ring substituents is 1. The van der Waals surface area contributed by atoms with Crippen molar-refractivity contribution >= 4 is 11.6 Å². The molecule has 0 unspecified atom stereocenters. The van der Waals surface area contributed by atoms with Gasteiger partial charge in [-0.25, -0.2) is 0 Å². The summed E-state index contributed by atoms with van der Waals surface area (Å²) in [6.45, 7) is 6.78. The van der Waals surface area contributed by atoms with Gasteiger partial charge in [0.25, 0.3) is 11.6 Å². The van der Waals surface area contributed by atoms with Crippen molar-refractivity contribution in [3.05, 3.63) is 39.4 Å². The van der Waals surface area contributed by atoms with E-state index in [0.29, 0.717) is 12.1 Å². The van der Waals surface area contributed by atoms with Crippen LogP contribution in [0.25, 0.3) is 0 Å². The van der Waals surface area contributed by atoms with E-state index in [1.807, 2.05) is 0 Å². The van der Waals surface area contributed by atoms with Crippen LogP contribution >= 0.6 is 0 Å². The highest BCUT2D eigenvalue weighted by Crippen LogP contribution is 2.21. The zero-order chi connectivity index (χ0) is 15.2. The first-order valence-electron chi connectivity index (χ1n) is 7.05. The number of hydrogen-bond acceptors (Lipinski definition) is 5. The van der Waals surface area contributed by atoms with Crippen LogP contribution in [0.5, 0.6) is 0 Å². The minimum Gasteiger partial charge on any atom is -0.351 e. The van der Waals surface area contributed by atoms with Gasteiger partial charge in [-0.3, -0.25) is 19.8 Å². The average molecular weight is 292 g/mol. The second-order valence-electron chi connectivity index (χ2n) is 5.07. The highest BCUT2D eigenvalue weighted by atomic mass is 16.6. The smallest absolute Gasteiger partial charge is 0.282 e. The van der Waals surface area contributed by atoms with Gasteiger partial charge in [0, 0.05) is 45.3 Å². The summed E-state index contributed by atoms with van der Waals surface area (Å²) in [5.41, 5.74) is 0.626. The lowest BCUT2D eigenvalue weighted by Gasteiger charge is -2.27. The number of nitro groups is 1. The molecule has 7 heteroatoms. The molecule has 1 heterocycles. The third kappa shape index (κ3) is 3.99. The highest BCUT2D eigenvalue weighted by Gasteiger charge is 2.21. The molecule has 1 aromatic rings. The fourth-order valence-electron chi connectivity index (χ4n) is 2.45. The van der Waals surface area contributed by atoms with E-state index in [1.54, 1.807) is 19.1 Å². The maximum atomic E-state index is 12.2. The third-order valence-electron chi connectivity index (χ3n) is 3.60. The van der Waals surface area contributed by atoms with Gasteiger partial charge in [0.05, 0.1) is 4.92 Å². The Labute approximate surface area is 123 Å². The Morgan fingerprint density at radius 3 is 2.81 bits per heavy atom. The van der Waals surface area contributed by atoms with E-state index in [4.69, 9.17) is 0 Å². The predicted octanol–water partition coefficient (Wildman–Crippen LogP) is 0.538. The first-order chi connectivity index (χ1) is 10.1. The number of nitrogens with one attached hydrogen (secondary N) is 2. The van der Waals surface area contributed by atoms with Crippen LogP contribution in [0.3, 0.4) is 0 Å². The van der Waals surface area contributed by atoms with Crippen molar-refractivity contribution in [3.8, 4) is 0 Å². The standard InChI is InChI=1S/C14H20N4O3/c1-11-3-2-4-12(18(20)21)13(11)14(19)16-7-10-17-8-5-15-6-9-17/h2-4,15H,5-10H2,1H3,(H,16,19). The van der Waals surface area contributed by atoms with Crippen LogP contribution in [0.2, 0.25) is 0 Å². The fourth-order valence-corrected chi connectivity index (χ4v) is 2.45. The van der Waals surface area contributed by atoms with Crippen molar-refractivity contribution in [2.24, 2.45) is 0 Å². The van der Waals surface area contributed by atoms with Crippen LogP contribution in [0.15, 0.2) is 18.2 Å². The molecule has 2 N–H and O–H groups in total. The maximum Gasteiger partial charge on any atom is 0.282 e. The van der Waals surface area contributed by atoms with Crippen LogP contribution in [-0.2, 0) is 0 Å². The molecule has 114 valence electrons. The number of amides is 1. The maximum absolute atomic E-state index is 12.2. The molecule has 0 bridgehead atoms. The Hall–Kier alpha value is -1.99. The van der Waals surface area contributed by atoms with E-state index in [2.05, 4.69) is 15.5 Å². The van der Waals surface area contributed by atoms with Gasteiger partial charge in [-0.05, 0) is 12.5 Å². The van der Waals surface area contributed by atoms with Crippen LogP contribution < -0.4 is 10.6 Å². The van der Waals surface area contributed by atoms with E-state index in [-0.39, 0.29) is 17.2 Å². The molecular formula is C14H20N4O3. The summed E-state index contributed by atoms with van der Waals surface area (Å²) < 4.78 is 0. The molecule has 1 saturated heterocycles. The van der Waals surface area contributed by atoms with Crippen molar-refractivity contribution in [1.82, 2.24) is 15.5 Å². The lowest BCUT2D eigenvalue weighted by molar-refractivity contribution is -0.385. The molecule has 0 radical (unpaired) electrons. The number of nitrogens with zero attached hydrogens (tertiary/aromatic N) is 2. The molecule has 0 aromatic heterocycles. The van der Waals surface area contributed by atoms with Crippen molar-refractivity contribution < 1.29 is 9.72 Å². The van der Waals surface area contributed by atoms with E-state index in [0.717, 1.165) is 32.7 Å². The largest absolute Gasteiger partial charge is 0.351 e. The van der Waals surface area contributed by atoms with E-state index < -0.39 is 4.92 Å². The van der Waals surface area contributed by atoms with Crippen molar-refractivity contribution in [2.75, 3.05) is 39.3 Å². The summed E-state index contributed by atoms with van der Waals surface area (Å²) in [5.74, 6) is -0.380. The van der Waals surface area contributed by atoms with Crippen LogP contribution in [-0.4, -0.2) is 55.0 Å². The zero-order valence-electron chi connectivity index (χ0n) is 12.1. The van der Waals surface area contributed by atoms with Gasteiger partial charge in [0.2, 0.25) is 0 Å². The number of piperazine rings is 1. The lowest BCUT2D eigenvalue weighted by Crippen LogP contribution is -2.46. The Bertz CT molecular complexity index is 527. The summed E-state index contributed by atoms with van der Waals surface area (Å²) in [6, 6.07) is 4.65. The minimum absolute atomic E-state index is 0.144. The summed E-state index contributed by atoms with van der Waals surface area (Å²) in [4.78, 5) is 24.9. The van der Waals surface area contributed by atoms with Crippen molar-refractivity contribution in [1.29, 1.82) is 0 Å². The molecule has 1 fully saturated rings. The van der Waals surface area contributed by atoms with Crippen LogP contribution in [0.4, 0.5) is 5.69 Å². The molecule has 1 amide bonds. The van der Waals surface area contributed by atoms with E-state index in [9.17, 15) is 14.9 Å². The summed E-state index contributed by atoms with van der Waals surface area (Å²) in [5, 5.41) is 17.1. The molecule has 1 aliphatic heterocycles. The molecule has 0 aliphatic carbocycles. The fraction of sp³-hybridized carbons (Fsp3) is 0.500. The highest BCUT2D eigenvalue weighted by molar-refractivity contribution is 5.99. The second-order valence-corrected chi connectivity index (χ2v) is 5.07. The van der Waals surface area contributed by atoms with E-state index in [1.165, 1.54) is 6.07 Å². The van der Waals surface area contributed by atoms with Gasteiger partial charge in [-0.1, -0.05) is 12.1 Å². The molecular weight excluding hydrogens is 272 g/mol. The Morgan fingerprint density at radius 1 is 1.43 bits per heavy atom.